The van der Waals surface area contributed by atoms with E-state index in [9.17, 15) is 14.7 Å². The summed E-state index contributed by atoms with van der Waals surface area (Å²) in [5, 5.41) is 15.8. The Hall–Kier alpha value is -3.15. The van der Waals surface area contributed by atoms with Gasteiger partial charge in [-0.25, -0.2) is 5.43 Å². The summed E-state index contributed by atoms with van der Waals surface area (Å²) in [6.45, 7) is 3.81. The third-order valence-corrected chi connectivity index (χ3v) is 3.34. The normalized spacial score (nSPS) is 11.0. The number of aryl methyl sites for hydroxylation is 1. The predicted octanol–water partition coefficient (Wildman–Crippen LogP) is 2.57. The number of carbonyl (C=O) groups excluding carboxylic acids is 2. The van der Waals surface area contributed by atoms with Gasteiger partial charge < -0.3 is 10.4 Å². The maximum Gasteiger partial charge on any atom is 0.329 e. The summed E-state index contributed by atoms with van der Waals surface area (Å²) in [5.74, 6) is -1.49. The van der Waals surface area contributed by atoms with Crippen LogP contribution in [0.15, 0.2) is 53.6 Å². The van der Waals surface area contributed by atoms with Crippen molar-refractivity contribution in [2.75, 3.05) is 5.32 Å². The predicted molar refractivity (Wildman–Crippen MR) is 92.9 cm³/mol. The fraction of sp³-hybridized carbons (Fsp3) is 0.167. The Labute approximate surface area is 140 Å². The fourth-order valence-electron chi connectivity index (χ4n) is 2.00. The highest BCUT2D eigenvalue weighted by Crippen LogP contribution is 2.12. The van der Waals surface area contributed by atoms with Gasteiger partial charge >= 0.3 is 11.8 Å². The number of rotatable bonds is 4. The lowest BCUT2D eigenvalue weighted by molar-refractivity contribution is -0.136. The van der Waals surface area contributed by atoms with Crippen LogP contribution in [0.2, 0.25) is 0 Å². The Morgan fingerprint density at radius 2 is 1.62 bits per heavy atom. The van der Waals surface area contributed by atoms with Gasteiger partial charge in [-0.1, -0.05) is 24.6 Å². The molecule has 124 valence electrons. The number of hydrazone groups is 1. The molecule has 2 aromatic rings. The highest BCUT2D eigenvalue weighted by Gasteiger charge is 2.13. The summed E-state index contributed by atoms with van der Waals surface area (Å²) < 4.78 is 0. The minimum atomic E-state index is -0.847. The minimum Gasteiger partial charge on any atom is -0.508 e. The van der Waals surface area contributed by atoms with Gasteiger partial charge in [0.1, 0.15) is 5.75 Å². The molecule has 0 bridgehead atoms. The summed E-state index contributed by atoms with van der Waals surface area (Å²) >= 11 is 0. The molecule has 0 saturated heterocycles. The number of aromatic hydroxyl groups is 1. The monoisotopic (exact) mass is 325 g/mol. The first-order valence-electron chi connectivity index (χ1n) is 7.53. The summed E-state index contributed by atoms with van der Waals surface area (Å²) in [6, 6.07) is 13.6. The van der Waals surface area contributed by atoms with Crippen molar-refractivity contribution in [3.05, 3.63) is 59.7 Å². The molecule has 6 heteroatoms. The topological polar surface area (TPSA) is 90.8 Å². The van der Waals surface area contributed by atoms with Crippen LogP contribution in [0.4, 0.5) is 5.69 Å². The van der Waals surface area contributed by atoms with Crippen LogP contribution in [0.25, 0.3) is 0 Å². The van der Waals surface area contributed by atoms with E-state index in [1.165, 1.54) is 12.1 Å². The molecule has 0 unspecified atom stereocenters. The van der Waals surface area contributed by atoms with Crippen LogP contribution in [0.1, 0.15) is 24.5 Å². The van der Waals surface area contributed by atoms with Crippen molar-refractivity contribution in [3.8, 4) is 5.75 Å². The van der Waals surface area contributed by atoms with Gasteiger partial charge in [0.2, 0.25) is 0 Å². The van der Waals surface area contributed by atoms with Crippen LogP contribution in [0.3, 0.4) is 0 Å². The van der Waals surface area contributed by atoms with Gasteiger partial charge in [0.25, 0.3) is 0 Å². The molecule has 0 spiro atoms. The van der Waals surface area contributed by atoms with Gasteiger partial charge in [-0.2, -0.15) is 5.10 Å². The van der Waals surface area contributed by atoms with E-state index in [-0.39, 0.29) is 5.75 Å². The van der Waals surface area contributed by atoms with Crippen molar-refractivity contribution in [2.45, 2.75) is 20.3 Å². The Morgan fingerprint density at radius 3 is 2.21 bits per heavy atom. The summed E-state index contributed by atoms with van der Waals surface area (Å²) in [4.78, 5) is 23.7. The molecule has 0 aliphatic heterocycles. The second kappa shape index (κ2) is 7.92. The molecule has 0 aliphatic rings. The molecule has 0 fully saturated rings. The molecular formula is C18H19N3O3. The number of carbonyl (C=O) groups is 2. The van der Waals surface area contributed by atoms with E-state index in [4.69, 9.17) is 0 Å². The molecule has 24 heavy (non-hydrogen) atoms. The van der Waals surface area contributed by atoms with Crippen LogP contribution in [0.5, 0.6) is 5.75 Å². The molecule has 0 aromatic heterocycles. The molecule has 0 atom stereocenters. The molecule has 0 heterocycles. The zero-order valence-electron chi connectivity index (χ0n) is 13.5. The van der Waals surface area contributed by atoms with Crippen molar-refractivity contribution < 1.29 is 14.7 Å². The number of hydrogen-bond acceptors (Lipinski definition) is 4. The van der Waals surface area contributed by atoms with Crippen molar-refractivity contribution in [2.24, 2.45) is 5.10 Å². The lowest BCUT2D eigenvalue weighted by Gasteiger charge is -2.06. The van der Waals surface area contributed by atoms with E-state index >= 15 is 0 Å². The van der Waals surface area contributed by atoms with E-state index in [0.717, 1.165) is 11.1 Å². The first-order valence-corrected chi connectivity index (χ1v) is 7.53. The van der Waals surface area contributed by atoms with E-state index in [0.29, 0.717) is 17.8 Å². The Kier molecular flexibility index (Phi) is 5.68. The fourth-order valence-corrected chi connectivity index (χ4v) is 2.00. The second-order valence-electron chi connectivity index (χ2n) is 5.22. The lowest BCUT2D eigenvalue weighted by Crippen LogP contribution is -2.33. The summed E-state index contributed by atoms with van der Waals surface area (Å²) in [6.07, 6.45) is 0.560. The highest BCUT2D eigenvalue weighted by atomic mass is 16.3. The average molecular weight is 325 g/mol. The Morgan fingerprint density at radius 1 is 1.00 bits per heavy atom. The second-order valence-corrected chi connectivity index (χ2v) is 5.22. The molecule has 2 aromatic carbocycles. The highest BCUT2D eigenvalue weighted by molar-refractivity contribution is 6.39. The zero-order valence-corrected chi connectivity index (χ0v) is 13.5. The lowest BCUT2D eigenvalue weighted by atomic mass is 10.1. The number of nitrogens with one attached hydrogen (secondary N) is 2. The number of hydrogen-bond donors (Lipinski definition) is 3. The quantitative estimate of drug-likeness (QED) is 0.458. The zero-order chi connectivity index (χ0) is 17.5. The van der Waals surface area contributed by atoms with Gasteiger partial charge in [0.05, 0.1) is 5.71 Å². The SMILES string of the molecule is CC/C(=N\NC(=O)C(=O)Nc1ccc(C)cc1)c1ccc(O)cc1. The number of anilines is 1. The van der Waals surface area contributed by atoms with Gasteiger partial charge in [0.15, 0.2) is 0 Å². The van der Waals surface area contributed by atoms with Crippen LogP contribution in [-0.2, 0) is 9.59 Å². The third kappa shape index (κ3) is 4.67. The molecule has 0 radical (unpaired) electrons. The Bertz CT molecular complexity index is 750. The van der Waals surface area contributed by atoms with Crippen LogP contribution < -0.4 is 10.7 Å². The molecule has 3 N–H and O–H groups in total. The maximum atomic E-state index is 11.9. The summed E-state index contributed by atoms with van der Waals surface area (Å²) in [7, 11) is 0. The van der Waals surface area contributed by atoms with E-state index < -0.39 is 11.8 Å². The number of amides is 2. The minimum absolute atomic E-state index is 0.149. The summed E-state index contributed by atoms with van der Waals surface area (Å²) in [5.41, 5.74) is 5.21. The first kappa shape index (κ1) is 17.2. The van der Waals surface area contributed by atoms with Gasteiger partial charge in [-0.05, 0) is 55.3 Å². The van der Waals surface area contributed by atoms with Crippen molar-refractivity contribution in [1.82, 2.24) is 5.43 Å². The van der Waals surface area contributed by atoms with Crippen LogP contribution >= 0.6 is 0 Å². The molecule has 0 aliphatic carbocycles. The molecule has 2 rings (SSSR count). The molecule has 2 amide bonds. The van der Waals surface area contributed by atoms with E-state index in [2.05, 4.69) is 15.8 Å². The molecule has 6 nitrogen and oxygen atoms in total. The smallest absolute Gasteiger partial charge is 0.329 e. The Balaban J connectivity index is 2.00. The first-order chi connectivity index (χ1) is 11.5. The van der Waals surface area contributed by atoms with Crippen molar-refractivity contribution in [3.63, 3.8) is 0 Å². The average Bonchev–Trinajstić information content (AvgIpc) is 2.58. The van der Waals surface area contributed by atoms with Crippen LogP contribution in [0, 0.1) is 6.92 Å². The largest absolute Gasteiger partial charge is 0.508 e. The van der Waals surface area contributed by atoms with Gasteiger partial charge in [-0.3, -0.25) is 9.59 Å². The van der Waals surface area contributed by atoms with Crippen molar-refractivity contribution in [1.29, 1.82) is 0 Å². The number of phenols is 1. The van der Waals surface area contributed by atoms with E-state index in [1.807, 2.05) is 26.0 Å². The number of phenolic OH excluding ortho intramolecular Hbond substituents is 1. The van der Waals surface area contributed by atoms with Crippen molar-refractivity contribution >= 4 is 23.2 Å². The van der Waals surface area contributed by atoms with Crippen LogP contribution in [-0.4, -0.2) is 22.6 Å². The maximum absolute atomic E-state index is 11.9. The van der Waals surface area contributed by atoms with E-state index in [1.54, 1.807) is 24.3 Å². The molecule has 0 saturated carbocycles. The number of nitrogens with zero attached hydrogens (tertiary/aromatic N) is 1. The van der Waals surface area contributed by atoms with Gasteiger partial charge in [0, 0.05) is 5.69 Å². The van der Waals surface area contributed by atoms with Gasteiger partial charge in [-0.15, -0.1) is 0 Å². The number of benzene rings is 2. The molecular weight excluding hydrogens is 306 g/mol. The standard InChI is InChI=1S/C18H19N3O3/c1-3-16(13-6-10-15(22)11-7-13)20-21-18(24)17(23)19-14-8-4-12(2)5-9-14/h4-11,22H,3H2,1-2H3,(H,19,23)(H,21,24)/b20-16+. The third-order valence-electron chi connectivity index (χ3n) is 3.34.